The molecule has 0 aromatic heterocycles. The molecule has 24 heavy (non-hydrogen) atoms. The Bertz CT molecular complexity index is 562. The van der Waals surface area contributed by atoms with Gasteiger partial charge >= 0.3 is 0 Å². The van der Waals surface area contributed by atoms with E-state index in [-0.39, 0.29) is 18.6 Å². The van der Waals surface area contributed by atoms with Crippen molar-refractivity contribution in [3.63, 3.8) is 0 Å². The molecule has 5 heteroatoms. The molecule has 5 nitrogen and oxygen atoms in total. The van der Waals surface area contributed by atoms with Gasteiger partial charge in [0.1, 0.15) is 0 Å². The predicted octanol–water partition coefficient (Wildman–Crippen LogP) is 3.13. The molecule has 0 bridgehead atoms. The van der Waals surface area contributed by atoms with Gasteiger partial charge in [-0.2, -0.15) is 0 Å². The first-order chi connectivity index (χ1) is 11.7. The minimum absolute atomic E-state index is 0.00420. The molecule has 1 fully saturated rings. The van der Waals surface area contributed by atoms with Gasteiger partial charge in [-0.25, -0.2) is 0 Å². The van der Waals surface area contributed by atoms with E-state index >= 15 is 0 Å². The molecule has 0 N–H and O–H groups in total. The minimum Gasteiger partial charge on any atom is -0.493 e. The van der Waals surface area contributed by atoms with E-state index in [1.54, 1.807) is 7.11 Å². The molecule has 0 aliphatic carbocycles. The predicted molar refractivity (Wildman–Crippen MR) is 94.4 cm³/mol. The van der Waals surface area contributed by atoms with Gasteiger partial charge in [-0.1, -0.05) is 18.2 Å². The number of piperidine rings is 1. The van der Waals surface area contributed by atoms with Crippen LogP contribution in [-0.2, 0) is 9.53 Å². The molecule has 1 aliphatic rings. The third kappa shape index (κ3) is 4.99. The highest BCUT2D eigenvalue weighted by molar-refractivity contribution is 5.78. The van der Waals surface area contributed by atoms with Crippen molar-refractivity contribution < 1.29 is 19.0 Å². The normalized spacial score (nSPS) is 15.7. The fraction of sp³-hybridized carbons (Fsp3) is 0.526. The van der Waals surface area contributed by atoms with E-state index < -0.39 is 0 Å². The average Bonchev–Trinajstić information content (AvgIpc) is 2.61. The van der Waals surface area contributed by atoms with Crippen LogP contribution in [0.2, 0.25) is 0 Å². The summed E-state index contributed by atoms with van der Waals surface area (Å²) in [5.74, 6) is 1.22. The fourth-order valence-electron chi connectivity index (χ4n) is 2.84. The average molecular weight is 333 g/mol. The topological polar surface area (TPSA) is 48.0 Å². The van der Waals surface area contributed by atoms with Crippen molar-refractivity contribution in [1.82, 2.24) is 4.90 Å². The number of rotatable bonds is 7. The molecule has 132 valence electrons. The Kier molecular flexibility index (Phi) is 7.12. The third-order valence-corrected chi connectivity index (χ3v) is 4.10. The van der Waals surface area contributed by atoms with Crippen LogP contribution in [0.3, 0.4) is 0 Å². The summed E-state index contributed by atoms with van der Waals surface area (Å²) in [6.07, 6.45) is 6.01. The standard InChI is InChI=1S/C19H27NO4/c1-4-6-15-7-8-17(18(13-15)22-3)24-14-19(21)20-11-9-16(10-12-20)23-5-2/h4,6-8,13,16H,5,9-12,14H2,1-3H3/b6-4+. The van der Waals surface area contributed by atoms with Crippen molar-refractivity contribution in [1.29, 1.82) is 0 Å². The summed E-state index contributed by atoms with van der Waals surface area (Å²) < 4.78 is 16.6. The van der Waals surface area contributed by atoms with Gasteiger partial charge in [0.05, 0.1) is 13.2 Å². The number of carbonyl (C=O) groups excluding carboxylic acids is 1. The number of likely N-dealkylation sites (tertiary alicyclic amines) is 1. The molecular weight excluding hydrogens is 306 g/mol. The zero-order chi connectivity index (χ0) is 17.4. The van der Waals surface area contributed by atoms with Gasteiger partial charge in [0.2, 0.25) is 0 Å². The number of methoxy groups -OCH3 is 1. The van der Waals surface area contributed by atoms with Gasteiger partial charge in [-0.05, 0) is 44.4 Å². The zero-order valence-corrected chi connectivity index (χ0v) is 14.8. The van der Waals surface area contributed by atoms with Crippen LogP contribution in [0.25, 0.3) is 6.08 Å². The maximum atomic E-state index is 12.3. The molecule has 1 heterocycles. The lowest BCUT2D eigenvalue weighted by molar-refractivity contribution is -0.135. The number of carbonyl (C=O) groups is 1. The molecule has 0 atom stereocenters. The number of nitrogens with zero attached hydrogens (tertiary/aromatic N) is 1. The molecule has 2 rings (SSSR count). The Hall–Kier alpha value is -2.01. The molecular formula is C19H27NO4. The maximum absolute atomic E-state index is 12.3. The Morgan fingerprint density at radius 1 is 1.29 bits per heavy atom. The van der Waals surface area contributed by atoms with E-state index in [1.165, 1.54) is 0 Å². The quantitative estimate of drug-likeness (QED) is 0.769. The van der Waals surface area contributed by atoms with E-state index in [0.717, 1.165) is 38.1 Å². The fourth-order valence-corrected chi connectivity index (χ4v) is 2.84. The molecule has 0 unspecified atom stereocenters. The van der Waals surface area contributed by atoms with Crippen molar-refractivity contribution >= 4 is 12.0 Å². The van der Waals surface area contributed by atoms with E-state index in [0.29, 0.717) is 11.5 Å². The van der Waals surface area contributed by atoms with Crippen molar-refractivity contribution in [2.24, 2.45) is 0 Å². The smallest absolute Gasteiger partial charge is 0.260 e. The van der Waals surface area contributed by atoms with Crippen LogP contribution >= 0.6 is 0 Å². The number of amides is 1. The SMILES string of the molecule is C/C=C/c1ccc(OCC(=O)N2CCC(OCC)CC2)c(OC)c1. The number of benzene rings is 1. The number of hydrogen-bond acceptors (Lipinski definition) is 4. The van der Waals surface area contributed by atoms with Crippen LogP contribution in [0.5, 0.6) is 11.5 Å². The highest BCUT2D eigenvalue weighted by atomic mass is 16.5. The van der Waals surface area contributed by atoms with E-state index in [4.69, 9.17) is 14.2 Å². The highest BCUT2D eigenvalue weighted by Gasteiger charge is 2.23. The molecule has 1 aromatic rings. The highest BCUT2D eigenvalue weighted by Crippen LogP contribution is 2.28. The first-order valence-corrected chi connectivity index (χ1v) is 8.50. The second-order valence-electron chi connectivity index (χ2n) is 5.73. The van der Waals surface area contributed by atoms with Crippen LogP contribution in [-0.4, -0.2) is 50.3 Å². The largest absolute Gasteiger partial charge is 0.493 e. The van der Waals surface area contributed by atoms with Gasteiger partial charge in [0, 0.05) is 19.7 Å². The molecule has 0 saturated carbocycles. The van der Waals surface area contributed by atoms with Gasteiger partial charge < -0.3 is 19.1 Å². The van der Waals surface area contributed by atoms with Crippen molar-refractivity contribution in [2.75, 3.05) is 33.4 Å². The monoisotopic (exact) mass is 333 g/mol. The summed E-state index contributed by atoms with van der Waals surface area (Å²) in [6.45, 7) is 6.17. The minimum atomic E-state index is 0.00420. The molecule has 0 radical (unpaired) electrons. The molecule has 0 spiro atoms. The Morgan fingerprint density at radius 2 is 2.04 bits per heavy atom. The molecule has 1 amide bonds. The van der Waals surface area contributed by atoms with E-state index in [2.05, 4.69) is 0 Å². The van der Waals surface area contributed by atoms with Gasteiger partial charge in [-0.3, -0.25) is 4.79 Å². The Labute approximate surface area is 144 Å². The molecule has 1 aromatic carbocycles. The number of hydrogen-bond donors (Lipinski definition) is 0. The summed E-state index contributed by atoms with van der Waals surface area (Å²) in [6, 6.07) is 5.67. The van der Waals surface area contributed by atoms with Crippen LogP contribution in [0, 0.1) is 0 Å². The summed E-state index contributed by atoms with van der Waals surface area (Å²) in [5, 5.41) is 0. The van der Waals surface area contributed by atoms with Crippen LogP contribution in [0.4, 0.5) is 0 Å². The summed E-state index contributed by atoms with van der Waals surface area (Å²) >= 11 is 0. The Balaban J connectivity index is 1.88. The van der Waals surface area contributed by atoms with Crippen LogP contribution in [0.15, 0.2) is 24.3 Å². The lowest BCUT2D eigenvalue weighted by Gasteiger charge is -2.31. The van der Waals surface area contributed by atoms with Crippen LogP contribution in [0.1, 0.15) is 32.3 Å². The first kappa shape index (κ1) is 18.3. The number of allylic oxidation sites excluding steroid dienone is 1. The first-order valence-electron chi connectivity index (χ1n) is 8.50. The lowest BCUT2D eigenvalue weighted by Crippen LogP contribution is -2.43. The van der Waals surface area contributed by atoms with Gasteiger partial charge in [0.25, 0.3) is 5.91 Å². The van der Waals surface area contributed by atoms with Gasteiger partial charge in [0.15, 0.2) is 18.1 Å². The Morgan fingerprint density at radius 3 is 2.67 bits per heavy atom. The lowest BCUT2D eigenvalue weighted by atomic mass is 10.1. The van der Waals surface area contributed by atoms with E-state index in [1.807, 2.05) is 49.1 Å². The second kappa shape index (κ2) is 9.33. The van der Waals surface area contributed by atoms with Crippen LogP contribution < -0.4 is 9.47 Å². The molecule has 1 aliphatic heterocycles. The maximum Gasteiger partial charge on any atom is 0.260 e. The van der Waals surface area contributed by atoms with E-state index in [9.17, 15) is 4.79 Å². The zero-order valence-electron chi connectivity index (χ0n) is 14.8. The number of ether oxygens (including phenoxy) is 3. The van der Waals surface area contributed by atoms with Crippen molar-refractivity contribution in [3.05, 3.63) is 29.8 Å². The molecule has 1 saturated heterocycles. The third-order valence-electron chi connectivity index (χ3n) is 4.10. The summed E-state index contributed by atoms with van der Waals surface area (Å²) in [4.78, 5) is 14.2. The summed E-state index contributed by atoms with van der Waals surface area (Å²) in [5.41, 5.74) is 1.03. The van der Waals surface area contributed by atoms with Crippen molar-refractivity contribution in [3.8, 4) is 11.5 Å². The second-order valence-corrected chi connectivity index (χ2v) is 5.73. The van der Waals surface area contributed by atoms with Crippen molar-refractivity contribution in [2.45, 2.75) is 32.8 Å². The van der Waals surface area contributed by atoms with Gasteiger partial charge in [-0.15, -0.1) is 0 Å². The summed E-state index contributed by atoms with van der Waals surface area (Å²) in [7, 11) is 1.60.